The number of rotatable bonds is 1. The normalized spacial score (nSPS) is 58.7. The smallest absolute Gasteiger partial charge is 0.156 e. The number of fused-ring (bicyclic) bond motifs is 6. The minimum atomic E-state index is -0.0229. The molecule has 4 unspecified atom stereocenters. The Morgan fingerprint density at radius 3 is 2.62 bits per heavy atom. The maximum absolute atomic E-state index is 13.5. The summed E-state index contributed by atoms with van der Waals surface area (Å²) >= 11 is 0. The van der Waals surface area contributed by atoms with Crippen molar-refractivity contribution in [3.8, 4) is 0 Å². The molecule has 0 aromatic rings. The minimum absolute atomic E-state index is 0.0229. The zero-order chi connectivity index (χ0) is 17.7. The molecule has 26 heavy (non-hydrogen) atoms. The van der Waals surface area contributed by atoms with Crippen LogP contribution in [0.1, 0.15) is 71.6 Å². The molecule has 2 aliphatic heterocycles. The van der Waals surface area contributed by atoms with Gasteiger partial charge in [0.1, 0.15) is 0 Å². The summed E-state index contributed by atoms with van der Waals surface area (Å²) in [7, 11) is 0. The molecule has 3 nitrogen and oxygen atoms in total. The molecule has 0 N–H and O–H groups in total. The lowest BCUT2D eigenvalue weighted by Gasteiger charge is -2.58. The van der Waals surface area contributed by atoms with E-state index in [1.165, 1.54) is 51.4 Å². The van der Waals surface area contributed by atoms with Crippen molar-refractivity contribution in [2.75, 3.05) is 13.1 Å². The molecular weight excluding hydrogens is 322 g/mol. The molecule has 9 atom stereocenters. The number of likely N-dealkylation sites (tertiary alicyclic amines) is 1. The van der Waals surface area contributed by atoms with Crippen LogP contribution in [0.25, 0.3) is 0 Å². The van der Waals surface area contributed by atoms with Gasteiger partial charge in [-0.2, -0.15) is 0 Å². The van der Waals surface area contributed by atoms with Crippen molar-refractivity contribution in [1.29, 1.82) is 0 Å². The molecule has 0 amide bonds. The number of hydrogen-bond acceptors (Lipinski definition) is 3. The number of Topliss-reactive ketones (excluding diaryl/α,β-unsaturated/α-hetero) is 1. The van der Waals surface area contributed by atoms with E-state index in [-0.39, 0.29) is 11.5 Å². The van der Waals surface area contributed by atoms with Crippen molar-refractivity contribution >= 4 is 5.78 Å². The van der Waals surface area contributed by atoms with Crippen LogP contribution in [0, 0.1) is 34.5 Å². The average Bonchev–Trinajstić information content (AvgIpc) is 3.02. The van der Waals surface area contributed by atoms with Gasteiger partial charge >= 0.3 is 0 Å². The van der Waals surface area contributed by atoms with Gasteiger partial charge in [-0.15, -0.1) is 0 Å². The average molecular weight is 358 g/mol. The Balaban J connectivity index is 1.30. The van der Waals surface area contributed by atoms with Gasteiger partial charge in [0.05, 0.1) is 18.2 Å². The number of ketones is 1. The lowest BCUT2D eigenvalue weighted by molar-refractivity contribution is -0.139. The van der Waals surface area contributed by atoms with E-state index in [4.69, 9.17) is 4.74 Å². The first-order valence-electron chi connectivity index (χ1n) is 11.4. The van der Waals surface area contributed by atoms with Crippen molar-refractivity contribution in [3.05, 3.63) is 0 Å². The highest BCUT2D eigenvalue weighted by molar-refractivity contribution is 5.92. The maximum atomic E-state index is 13.5. The van der Waals surface area contributed by atoms with Gasteiger partial charge in [0, 0.05) is 5.41 Å². The molecule has 0 spiro atoms. The van der Waals surface area contributed by atoms with Gasteiger partial charge in [-0.25, -0.2) is 0 Å². The second-order valence-corrected chi connectivity index (χ2v) is 11.1. The SMILES string of the molecule is C[C@]12CC3OC3CC1CC[C@@H]1[C@@H]2CC[C@]2(C)C(=O)C(N3CCCC3)C[C@@H]12. The molecule has 2 heterocycles. The lowest BCUT2D eigenvalue weighted by Crippen LogP contribution is -2.53. The van der Waals surface area contributed by atoms with E-state index in [2.05, 4.69) is 18.7 Å². The molecule has 6 aliphatic rings. The number of epoxide rings is 1. The van der Waals surface area contributed by atoms with Crippen LogP contribution in [0.3, 0.4) is 0 Å². The molecule has 6 fully saturated rings. The molecule has 4 saturated carbocycles. The highest BCUT2D eigenvalue weighted by atomic mass is 16.6. The van der Waals surface area contributed by atoms with Crippen molar-refractivity contribution < 1.29 is 9.53 Å². The fourth-order valence-electron chi connectivity index (χ4n) is 8.68. The molecule has 0 aromatic heterocycles. The third kappa shape index (κ3) is 2.05. The predicted octanol–water partition coefficient (Wildman–Crippen LogP) is 4.05. The van der Waals surface area contributed by atoms with Gasteiger partial charge in [0.15, 0.2) is 5.78 Å². The number of hydrogen-bond donors (Lipinski definition) is 0. The summed E-state index contributed by atoms with van der Waals surface area (Å²) in [6.45, 7) is 7.27. The number of nitrogens with zero attached hydrogens (tertiary/aromatic N) is 1. The summed E-state index contributed by atoms with van der Waals surface area (Å²) in [6.07, 6.45) is 12.8. The lowest BCUT2D eigenvalue weighted by atomic mass is 9.45. The van der Waals surface area contributed by atoms with Crippen LogP contribution in [0.15, 0.2) is 0 Å². The summed E-state index contributed by atoms with van der Waals surface area (Å²) in [5, 5.41) is 0. The molecule has 0 radical (unpaired) electrons. The zero-order valence-electron chi connectivity index (χ0n) is 16.6. The van der Waals surface area contributed by atoms with Crippen molar-refractivity contribution in [1.82, 2.24) is 4.90 Å². The Hall–Kier alpha value is -0.410. The quantitative estimate of drug-likeness (QED) is 0.664. The van der Waals surface area contributed by atoms with Crippen molar-refractivity contribution in [3.63, 3.8) is 0 Å². The van der Waals surface area contributed by atoms with Gasteiger partial charge in [0.25, 0.3) is 0 Å². The fourth-order valence-corrected chi connectivity index (χ4v) is 8.68. The molecule has 3 heteroatoms. The Bertz CT molecular complexity index is 628. The highest BCUT2D eigenvalue weighted by Gasteiger charge is 2.65. The maximum Gasteiger partial charge on any atom is 0.156 e. The molecule has 0 aromatic carbocycles. The summed E-state index contributed by atoms with van der Waals surface area (Å²) in [6, 6.07) is 0.249. The van der Waals surface area contributed by atoms with Gasteiger partial charge in [-0.05, 0) is 100.0 Å². The Labute approximate surface area is 158 Å². The van der Waals surface area contributed by atoms with Gasteiger partial charge in [-0.1, -0.05) is 13.8 Å². The molecule has 4 aliphatic carbocycles. The standard InChI is InChI=1S/C23H35NO2/c1-22-8-7-16-15(6-5-14-11-19-20(26-19)13-23(14,16)2)17(22)12-18(21(22)25)24-9-3-4-10-24/h14-20H,3-13H2,1-2H3/t14?,15-,16+,17+,18?,19?,20?,22+,23+/m1/s1. The molecule has 6 rings (SSSR count). The van der Waals surface area contributed by atoms with Crippen LogP contribution in [0.2, 0.25) is 0 Å². The van der Waals surface area contributed by atoms with Crippen LogP contribution in [0.5, 0.6) is 0 Å². The monoisotopic (exact) mass is 357 g/mol. The summed E-state index contributed by atoms with van der Waals surface area (Å²) in [5.74, 6) is 3.78. The second-order valence-electron chi connectivity index (χ2n) is 11.1. The largest absolute Gasteiger partial charge is 0.370 e. The van der Waals surface area contributed by atoms with E-state index in [1.807, 2.05) is 0 Å². The molecular formula is C23H35NO2. The summed E-state index contributed by atoms with van der Waals surface area (Å²) in [5.41, 5.74) is 0.460. The summed E-state index contributed by atoms with van der Waals surface area (Å²) < 4.78 is 5.96. The predicted molar refractivity (Wildman–Crippen MR) is 101 cm³/mol. The number of ether oxygens (including phenoxy) is 1. The fraction of sp³-hybridized carbons (Fsp3) is 0.957. The van der Waals surface area contributed by atoms with Crippen LogP contribution >= 0.6 is 0 Å². The van der Waals surface area contributed by atoms with Crippen LogP contribution in [0.4, 0.5) is 0 Å². The number of carbonyl (C=O) groups is 1. The Morgan fingerprint density at radius 1 is 1.00 bits per heavy atom. The third-order valence-corrected chi connectivity index (χ3v) is 10.2. The molecule has 144 valence electrons. The van der Waals surface area contributed by atoms with Crippen LogP contribution < -0.4 is 0 Å². The van der Waals surface area contributed by atoms with E-state index in [9.17, 15) is 4.79 Å². The first kappa shape index (κ1) is 16.5. The van der Waals surface area contributed by atoms with E-state index < -0.39 is 0 Å². The first-order valence-corrected chi connectivity index (χ1v) is 11.4. The minimum Gasteiger partial charge on any atom is -0.370 e. The highest BCUT2D eigenvalue weighted by Crippen LogP contribution is 2.67. The van der Waals surface area contributed by atoms with Gasteiger partial charge in [0.2, 0.25) is 0 Å². The van der Waals surface area contributed by atoms with E-state index >= 15 is 0 Å². The topological polar surface area (TPSA) is 32.8 Å². The zero-order valence-corrected chi connectivity index (χ0v) is 16.6. The van der Waals surface area contributed by atoms with Crippen LogP contribution in [-0.4, -0.2) is 42.0 Å². The van der Waals surface area contributed by atoms with Crippen molar-refractivity contribution in [2.45, 2.75) is 89.9 Å². The first-order chi connectivity index (χ1) is 12.5. The van der Waals surface area contributed by atoms with Gasteiger partial charge < -0.3 is 4.74 Å². The Kier molecular flexibility index (Phi) is 3.40. The Morgan fingerprint density at radius 2 is 1.81 bits per heavy atom. The van der Waals surface area contributed by atoms with Gasteiger partial charge in [-0.3, -0.25) is 9.69 Å². The van der Waals surface area contributed by atoms with E-state index in [1.54, 1.807) is 0 Å². The van der Waals surface area contributed by atoms with Crippen molar-refractivity contribution in [2.24, 2.45) is 34.5 Å². The second kappa shape index (κ2) is 5.35. The van der Waals surface area contributed by atoms with E-state index in [0.717, 1.165) is 37.3 Å². The number of carbonyl (C=O) groups excluding carboxylic acids is 1. The molecule has 0 bridgehead atoms. The third-order valence-electron chi connectivity index (χ3n) is 10.2. The van der Waals surface area contributed by atoms with Crippen LogP contribution in [-0.2, 0) is 9.53 Å². The summed E-state index contributed by atoms with van der Waals surface area (Å²) in [4.78, 5) is 16.0. The van der Waals surface area contributed by atoms with E-state index in [0.29, 0.717) is 29.3 Å². The molecule has 2 saturated heterocycles.